The summed E-state index contributed by atoms with van der Waals surface area (Å²) in [6, 6.07) is 12.0. The Labute approximate surface area is 159 Å². The third-order valence-electron chi connectivity index (χ3n) is 6.11. The zero-order valence-electron chi connectivity index (χ0n) is 15.7. The summed E-state index contributed by atoms with van der Waals surface area (Å²) in [5, 5.41) is 18.2. The van der Waals surface area contributed by atoms with Gasteiger partial charge in [0.15, 0.2) is 5.82 Å². The third kappa shape index (κ3) is 3.64. The first-order valence-electron chi connectivity index (χ1n) is 9.81. The second kappa shape index (κ2) is 7.44. The zero-order chi connectivity index (χ0) is 18.9. The van der Waals surface area contributed by atoms with Crippen LogP contribution < -0.4 is 5.32 Å². The molecule has 3 atom stereocenters. The number of fused-ring (bicyclic) bond motifs is 1. The van der Waals surface area contributed by atoms with Gasteiger partial charge in [0.25, 0.3) is 0 Å². The average molecular weight is 369 g/mol. The SMILES string of the molecule is Cc1cc(NC(=O)CN2CC[C@@](O)(c3ccccc3)[C@H]3CCCC[C@H]32)no1. The van der Waals surface area contributed by atoms with Gasteiger partial charge in [-0.2, -0.15) is 0 Å². The van der Waals surface area contributed by atoms with Crippen molar-refractivity contribution >= 4 is 11.7 Å². The van der Waals surface area contributed by atoms with E-state index in [0.717, 1.165) is 31.2 Å². The molecule has 1 saturated carbocycles. The molecule has 1 aliphatic heterocycles. The second-order valence-corrected chi connectivity index (χ2v) is 7.84. The molecule has 6 heteroatoms. The lowest BCUT2D eigenvalue weighted by atomic mass is 9.66. The van der Waals surface area contributed by atoms with Crippen LogP contribution in [0.4, 0.5) is 5.82 Å². The van der Waals surface area contributed by atoms with Crippen molar-refractivity contribution in [2.24, 2.45) is 5.92 Å². The molecule has 4 rings (SSSR count). The number of carbonyl (C=O) groups is 1. The zero-order valence-corrected chi connectivity index (χ0v) is 15.7. The Balaban J connectivity index is 1.49. The predicted molar refractivity (Wildman–Crippen MR) is 102 cm³/mol. The Kier molecular flexibility index (Phi) is 5.02. The van der Waals surface area contributed by atoms with Crippen molar-refractivity contribution in [2.75, 3.05) is 18.4 Å². The number of nitrogens with zero attached hydrogens (tertiary/aromatic N) is 2. The normalized spacial score (nSPS) is 28.5. The standard InChI is InChI=1S/C21H27N3O3/c1-15-13-19(23-27-15)22-20(25)14-24-12-11-21(26,16-7-3-2-4-8-16)17-9-5-6-10-18(17)24/h2-4,7-8,13,17-18,26H,5-6,9-12,14H2,1H3,(H,22,23,25)/t17-,18+,21+/m0/s1. The molecule has 1 aliphatic carbocycles. The summed E-state index contributed by atoms with van der Waals surface area (Å²) < 4.78 is 5.01. The molecule has 2 aliphatic rings. The van der Waals surface area contributed by atoms with Gasteiger partial charge in [-0.25, -0.2) is 0 Å². The Morgan fingerprint density at radius 1 is 1.33 bits per heavy atom. The van der Waals surface area contributed by atoms with E-state index in [2.05, 4.69) is 15.4 Å². The Hall–Kier alpha value is -2.18. The van der Waals surface area contributed by atoms with E-state index in [0.29, 0.717) is 31.1 Å². The van der Waals surface area contributed by atoms with E-state index in [9.17, 15) is 9.90 Å². The molecule has 0 spiro atoms. The van der Waals surface area contributed by atoms with Gasteiger partial charge in [0, 0.05) is 24.6 Å². The molecule has 144 valence electrons. The summed E-state index contributed by atoms with van der Waals surface area (Å²) in [5.74, 6) is 1.20. The molecule has 1 saturated heterocycles. The molecule has 0 radical (unpaired) electrons. The lowest BCUT2D eigenvalue weighted by molar-refractivity contribution is -0.133. The molecule has 0 unspecified atom stereocenters. The van der Waals surface area contributed by atoms with E-state index in [1.165, 1.54) is 0 Å². The van der Waals surface area contributed by atoms with Crippen molar-refractivity contribution < 1.29 is 14.4 Å². The molecular weight excluding hydrogens is 342 g/mol. The Morgan fingerprint density at radius 3 is 2.85 bits per heavy atom. The van der Waals surface area contributed by atoms with Crippen LogP contribution in [0.25, 0.3) is 0 Å². The Bertz CT molecular complexity index is 791. The van der Waals surface area contributed by atoms with Gasteiger partial charge >= 0.3 is 0 Å². The molecule has 2 aromatic rings. The quantitative estimate of drug-likeness (QED) is 0.866. The Morgan fingerprint density at radius 2 is 2.11 bits per heavy atom. The maximum absolute atomic E-state index is 12.5. The maximum atomic E-state index is 12.5. The van der Waals surface area contributed by atoms with Crippen molar-refractivity contribution in [1.82, 2.24) is 10.1 Å². The van der Waals surface area contributed by atoms with Crippen molar-refractivity contribution in [3.63, 3.8) is 0 Å². The molecule has 1 amide bonds. The molecule has 1 aromatic heterocycles. The molecule has 2 heterocycles. The van der Waals surface area contributed by atoms with Crippen molar-refractivity contribution in [2.45, 2.75) is 50.7 Å². The summed E-state index contributed by atoms with van der Waals surface area (Å²) in [5.41, 5.74) is 0.201. The van der Waals surface area contributed by atoms with Crippen molar-refractivity contribution in [1.29, 1.82) is 0 Å². The van der Waals surface area contributed by atoms with Crippen molar-refractivity contribution in [3.8, 4) is 0 Å². The number of hydrogen-bond acceptors (Lipinski definition) is 5. The minimum absolute atomic E-state index is 0.0854. The fourth-order valence-electron chi connectivity index (χ4n) is 4.84. The number of hydrogen-bond donors (Lipinski definition) is 2. The fourth-order valence-corrected chi connectivity index (χ4v) is 4.84. The molecule has 0 bridgehead atoms. The van der Waals surface area contributed by atoms with Crippen LogP contribution in [0.1, 0.15) is 43.4 Å². The first-order chi connectivity index (χ1) is 13.1. The molecular formula is C21H27N3O3. The minimum atomic E-state index is -0.803. The molecule has 1 aromatic carbocycles. The molecule has 2 fully saturated rings. The fraction of sp³-hybridized carbons (Fsp3) is 0.524. The largest absolute Gasteiger partial charge is 0.385 e. The van der Waals surface area contributed by atoms with E-state index in [1.54, 1.807) is 13.0 Å². The summed E-state index contributed by atoms with van der Waals surface area (Å²) in [6.07, 6.45) is 4.95. The van der Waals surface area contributed by atoms with Crippen LogP contribution in [0.2, 0.25) is 0 Å². The first kappa shape index (κ1) is 18.2. The molecule has 2 N–H and O–H groups in total. The van der Waals surface area contributed by atoms with Gasteiger partial charge < -0.3 is 14.9 Å². The summed E-state index contributed by atoms with van der Waals surface area (Å²) in [6.45, 7) is 2.82. The highest BCUT2D eigenvalue weighted by Gasteiger charge is 2.49. The maximum Gasteiger partial charge on any atom is 0.239 e. The number of aliphatic hydroxyl groups is 1. The van der Waals surface area contributed by atoms with Gasteiger partial charge in [-0.3, -0.25) is 9.69 Å². The van der Waals surface area contributed by atoms with E-state index >= 15 is 0 Å². The van der Waals surface area contributed by atoms with E-state index < -0.39 is 5.60 Å². The van der Waals surface area contributed by atoms with Crippen LogP contribution in [-0.4, -0.2) is 40.2 Å². The van der Waals surface area contributed by atoms with E-state index in [1.807, 2.05) is 30.3 Å². The number of amides is 1. The number of likely N-dealkylation sites (tertiary alicyclic amines) is 1. The number of piperidine rings is 1. The van der Waals surface area contributed by atoms with E-state index in [4.69, 9.17) is 4.52 Å². The highest BCUT2D eigenvalue weighted by atomic mass is 16.5. The highest BCUT2D eigenvalue weighted by molar-refractivity contribution is 5.91. The lowest BCUT2D eigenvalue weighted by Crippen LogP contribution is -2.58. The number of aromatic nitrogens is 1. The summed E-state index contributed by atoms with van der Waals surface area (Å²) in [4.78, 5) is 14.7. The van der Waals surface area contributed by atoms with Crippen LogP contribution in [-0.2, 0) is 10.4 Å². The average Bonchev–Trinajstić information content (AvgIpc) is 3.09. The van der Waals surface area contributed by atoms with Crippen LogP contribution >= 0.6 is 0 Å². The number of nitrogens with one attached hydrogen (secondary N) is 1. The van der Waals surface area contributed by atoms with E-state index in [-0.39, 0.29) is 17.9 Å². The molecule has 6 nitrogen and oxygen atoms in total. The topological polar surface area (TPSA) is 78.6 Å². The predicted octanol–water partition coefficient (Wildman–Crippen LogP) is 3.07. The summed E-state index contributed by atoms with van der Waals surface area (Å²) in [7, 11) is 0. The number of carbonyl (C=O) groups excluding carboxylic acids is 1. The van der Waals surface area contributed by atoms with Crippen LogP contribution in [0.3, 0.4) is 0 Å². The van der Waals surface area contributed by atoms with Crippen molar-refractivity contribution in [3.05, 3.63) is 47.7 Å². The highest BCUT2D eigenvalue weighted by Crippen LogP contribution is 2.46. The van der Waals surface area contributed by atoms with Gasteiger partial charge in [0.05, 0.1) is 12.1 Å². The van der Waals surface area contributed by atoms with Gasteiger partial charge in [-0.15, -0.1) is 0 Å². The number of rotatable bonds is 4. The third-order valence-corrected chi connectivity index (χ3v) is 6.11. The number of aryl methyl sites for hydroxylation is 1. The van der Waals surface area contributed by atoms with Gasteiger partial charge in [0.1, 0.15) is 5.76 Å². The van der Waals surface area contributed by atoms with Gasteiger partial charge in [0.2, 0.25) is 5.91 Å². The number of anilines is 1. The van der Waals surface area contributed by atoms with Crippen LogP contribution in [0, 0.1) is 12.8 Å². The molecule has 27 heavy (non-hydrogen) atoms. The van der Waals surface area contributed by atoms with Gasteiger partial charge in [-0.05, 0) is 31.7 Å². The smallest absolute Gasteiger partial charge is 0.239 e. The van der Waals surface area contributed by atoms with Crippen LogP contribution in [0.5, 0.6) is 0 Å². The monoisotopic (exact) mass is 369 g/mol. The lowest BCUT2D eigenvalue weighted by Gasteiger charge is -2.52. The van der Waals surface area contributed by atoms with Crippen LogP contribution in [0.15, 0.2) is 40.9 Å². The second-order valence-electron chi connectivity index (χ2n) is 7.84. The first-order valence-corrected chi connectivity index (χ1v) is 9.81. The minimum Gasteiger partial charge on any atom is -0.385 e. The summed E-state index contributed by atoms with van der Waals surface area (Å²) >= 11 is 0. The van der Waals surface area contributed by atoms with Gasteiger partial charge in [-0.1, -0.05) is 48.3 Å². The number of benzene rings is 1.